The summed E-state index contributed by atoms with van der Waals surface area (Å²) in [6.45, 7) is 4.22. The van der Waals surface area contributed by atoms with Gasteiger partial charge in [0.25, 0.3) is 0 Å². The van der Waals surface area contributed by atoms with Gasteiger partial charge in [-0.15, -0.1) is 0 Å². The van der Waals surface area contributed by atoms with Crippen molar-refractivity contribution in [2.24, 2.45) is 0 Å². The summed E-state index contributed by atoms with van der Waals surface area (Å²) in [5, 5.41) is 23.2. The summed E-state index contributed by atoms with van der Waals surface area (Å²) < 4.78 is 0. The first kappa shape index (κ1) is 66.6. The van der Waals surface area contributed by atoms with Crippen LogP contribution < -0.4 is 5.32 Å². The summed E-state index contributed by atoms with van der Waals surface area (Å²) in [5.74, 6) is -0.0658. The number of carbonyl (C=O) groups is 1. The summed E-state index contributed by atoms with van der Waals surface area (Å²) in [4.78, 5) is 12.5. The van der Waals surface area contributed by atoms with Gasteiger partial charge in [-0.3, -0.25) is 4.79 Å². The lowest BCUT2D eigenvalue weighted by atomic mass is 10.0. The zero-order valence-electron chi connectivity index (χ0n) is 46.1. The SMILES string of the molecule is CC/C=C\C/C=C\C/C=C\C/C=C\C/C=C\C/C=C\CCCCCCCCCCCCCCC(=O)NC(CO)C(O)/C=C/CCCCCCCCCCCCCCCCCCCCCCCCCC. The minimum atomic E-state index is -0.846. The Morgan fingerprint density at radius 3 is 0.957 bits per heavy atom. The van der Waals surface area contributed by atoms with Crippen molar-refractivity contribution in [1.29, 1.82) is 0 Å². The van der Waals surface area contributed by atoms with E-state index in [4.69, 9.17) is 0 Å². The zero-order valence-corrected chi connectivity index (χ0v) is 46.1. The number of hydrogen-bond donors (Lipinski definition) is 3. The monoisotopic (exact) mass is 960 g/mol. The van der Waals surface area contributed by atoms with Gasteiger partial charge in [-0.2, -0.15) is 0 Å². The Labute approximate surface area is 431 Å². The van der Waals surface area contributed by atoms with Crippen molar-refractivity contribution in [1.82, 2.24) is 5.32 Å². The molecule has 1 amide bonds. The van der Waals surface area contributed by atoms with Crippen LogP contribution in [0.25, 0.3) is 0 Å². The van der Waals surface area contributed by atoms with E-state index in [1.54, 1.807) is 6.08 Å². The second kappa shape index (κ2) is 59.9. The maximum atomic E-state index is 12.5. The molecular formula is C65H117NO3. The molecule has 0 saturated heterocycles. The summed E-state index contributed by atoms with van der Waals surface area (Å²) in [6, 6.07) is -0.629. The predicted molar refractivity (Wildman–Crippen MR) is 308 cm³/mol. The molecule has 4 heteroatoms. The highest BCUT2D eigenvalue weighted by molar-refractivity contribution is 5.76. The average Bonchev–Trinajstić information content (AvgIpc) is 3.35. The lowest BCUT2D eigenvalue weighted by Crippen LogP contribution is -2.45. The number of allylic oxidation sites excluding steroid dienone is 13. The molecule has 0 bridgehead atoms. The maximum absolute atomic E-state index is 12.5. The fourth-order valence-corrected chi connectivity index (χ4v) is 9.07. The molecule has 0 aromatic carbocycles. The van der Waals surface area contributed by atoms with Gasteiger partial charge in [0.1, 0.15) is 0 Å². The second-order valence-electron chi connectivity index (χ2n) is 20.4. The number of aliphatic hydroxyl groups excluding tert-OH is 2. The van der Waals surface area contributed by atoms with Gasteiger partial charge in [-0.1, -0.05) is 311 Å². The van der Waals surface area contributed by atoms with Gasteiger partial charge in [-0.25, -0.2) is 0 Å². The zero-order chi connectivity index (χ0) is 49.9. The topological polar surface area (TPSA) is 69.6 Å². The van der Waals surface area contributed by atoms with E-state index in [1.165, 1.54) is 218 Å². The third-order valence-corrected chi connectivity index (χ3v) is 13.6. The highest BCUT2D eigenvalue weighted by atomic mass is 16.3. The van der Waals surface area contributed by atoms with Gasteiger partial charge in [0, 0.05) is 6.42 Å². The summed E-state index contributed by atoms with van der Waals surface area (Å²) >= 11 is 0. The lowest BCUT2D eigenvalue weighted by Gasteiger charge is -2.20. The van der Waals surface area contributed by atoms with Crippen LogP contribution in [0.3, 0.4) is 0 Å². The number of amides is 1. The maximum Gasteiger partial charge on any atom is 0.220 e. The third-order valence-electron chi connectivity index (χ3n) is 13.6. The largest absolute Gasteiger partial charge is 0.394 e. The molecule has 0 saturated carbocycles. The van der Waals surface area contributed by atoms with Crippen molar-refractivity contribution in [2.75, 3.05) is 6.61 Å². The molecule has 4 nitrogen and oxygen atoms in total. The average molecular weight is 961 g/mol. The van der Waals surface area contributed by atoms with E-state index in [9.17, 15) is 15.0 Å². The number of unbranched alkanes of at least 4 members (excludes halogenated alkanes) is 36. The molecule has 3 N–H and O–H groups in total. The first-order valence-electron chi connectivity index (χ1n) is 30.3. The van der Waals surface area contributed by atoms with Crippen LogP contribution in [0.2, 0.25) is 0 Å². The molecule has 0 rings (SSSR count). The molecule has 0 radical (unpaired) electrons. The van der Waals surface area contributed by atoms with Gasteiger partial charge < -0.3 is 15.5 Å². The number of hydrogen-bond acceptors (Lipinski definition) is 3. The fourth-order valence-electron chi connectivity index (χ4n) is 9.07. The fraction of sp³-hybridized carbons (Fsp3) is 0.769. The van der Waals surface area contributed by atoms with E-state index < -0.39 is 12.1 Å². The highest BCUT2D eigenvalue weighted by Crippen LogP contribution is 2.17. The van der Waals surface area contributed by atoms with Crippen LogP contribution in [0.1, 0.15) is 303 Å². The molecule has 400 valence electrons. The van der Waals surface area contributed by atoms with Crippen LogP contribution in [0.4, 0.5) is 0 Å². The standard InChI is InChI=1S/C65H117NO3/c1-3-5-7-9-11-13-15-17-19-21-23-25-27-29-31-32-33-34-35-37-39-41-43-45-47-49-51-53-55-57-59-61-65(69)66-63(62-67)64(68)60-58-56-54-52-50-48-46-44-42-40-38-36-30-28-26-24-22-20-18-16-14-12-10-8-6-4-2/h5,7,11,13,17,19,23,25,29,31,33-34,58,60,63-64,67-68H,3-4,6,8-10,12,14-16,18,20-22,24,26-28,30,32,35-57,59,61-62H2,1-2H3,(H,66,69)/b7-5-,13-11-,19-17-,25-23-,31-29-,34-33-,60-58+. The number of rotatable bonds is 55. The van der Waals surface area contributed by atoms with E-state index in [1.807, 2.05) is 6.08 Å². The normalized spacial score (nSPS) is 13.4. The van der Waals surface area contributed by atoms with Crippen molar-refractivity contribution in [2.45, 2.75) is 315 Å². The Bertz CT molecular complexity index is 1230. The van der Waals surface area contributed by atoms with Crippen LogP contribution in [-0.4, -0.2) is 34.9 Å². The summed E-state index contributed by atoms with van der Waals surface area (Å²) in [7, 11) is 0. The molecule has 0 heterocycles. The van der Waals surface area contributed by atoms with Crippen molar-refractivity contribution in [3.8, 4) is 0 Å². The van der Waals surface area contributed by atoms with Gasteiger partial charge >= 0.3 is 0 Å². The molecule has 0 aliphatic carbocycles. The minimum absolute atomic E-state index is 0.0658. The van der Waals surface area contributed by atoms with Crippen LogP contribution in [0.5, 0.6) is 0 Å². The minimum Gasteiger partial charge on any atom is -0.394 e. The van der Waals surface area contributed by atoms with Gasteiger partial charge in [0.15, 0.2) is 0 Å². The number of nitrogens with one attached hydrogen (secondary N) is 1. The van der Waals surface area contributed by atoms with Crippen LogP contribution in [0, 0.1) is 0 Å². The Hall–Kier alpha value is -2.43. The molecule has 0 aromatic rings. The van der Waals surface area contributed by atoms with Crippen molar-refractivity contribution in [3.63, 3.8) is 0 Å². The van der Waals surface area contributed by atoms with E-state index in [0.717, 1.165) is 64.2 Å². The van der Waals surface area contributed by atoms with Gasteiger partial charge in [0.2, 0.25) is 5.91 Å². The quantitative estimate of drug-likeness (QED) is 0.0420. The lowest BCUT2D eigenvalue weighted by molar-refractivity contribution is -0.123. The predicted octanol–water partition coefficient (Wildman–Crippen LogP) is 20.3. The van der Waals surface area contributed by atoms with Gasteiger partial charge in [0.05, 0.1) is 18.8 Å². The molecular weight excluding hydrogens is 843 g/mol. The molecule has 2 atom stereocenters. The van der Waals surface area contributed by atoms with E-state index >= 15 is 0 Å². The van der Waals surface area contributed by atoms with E-state index in [2.05, 4.69) is 92.1 Å². The molecule has 0 spiro atoms. The smallest absolute Gasteiger partial charge is 0.220 e. The molecule has 0 aliphatic rings. The summed E-state index contributed by atoms with van der Waals surface area (Å²) in [5.41, 5.74) is 0. The van der Waals surface area contributed by atoms with Crippen molar-refractivity contribution in [3.05, 3.63) is 85.1 Å². The van der Waals surface area contributed by atoms with E-state index in [-0.39, 0.29) is 12.5 Å². The molecule has 69 heavy (non-hydrogen) atoms. The first-order chi connectivity index (χ1) is 34.2. The Morgan fingerprint density at radius 1 is 0.362 bits per heavy atom. The van der Waals surface area contributed by atoms with Gasteiger partial charge in [-0.05, 0) is 70.6 Å². The Balaban J connectivity index is 3.52. The van der Waals surface area contributed by atoms with Crippen molar-refractivity contribution >= 4 is 5.91 Å². The Kier molecular flexibility index (Phi) is 57.8. The summed E-state index contributed by atoms with van der Waals surface area (Å²) in [6.07, 6.45) is 87.6. The highest BCUT2D eigenvalue weighted by Gasteiger charge is 2.18. The molecule has 0 fully saturated rings. The van der Waals surface area contributed by atoms with E-state index in [0.29, 0.717) is 6.42 Å². The van der Waals surface area contributed by atoms with Crippen molar-refractivity contribution < 1.29 is 15.0 Å². The molecule has 2 unspecified atom stereocenters. The number of aliphatic hydroxyl groups is 2. The first-order valence-corrected chi connectivity index (χ1v) is 30.3. The Morgan fingerprint density at radius 2 is 0.638 bits per heavy atom. The number of carbonyl (C=O) groups excluding carboxylic acids is 1. The molecule has 0 aliphatic heterocycles. The second-order valence-corrected chi connectivity index (χ2v) is 20.4. The van der Waals surface area contributed by atoms with Crippen LogP contribution in [-0.2, 0) is 4.79 Å². The molecule has 0 aromatic heterocycles. The third kappa shape index (κ3) is 56.4. The van der Waals surface area contributed by atoms with Crippen LogP contribution >= 0.6 is 0 Å². The van der Waals surface area contributed by atoms with Crippen LogP contribution in [0.15, 0.2) is 85.1 Å².